The van der Waals surface area contributed by atoms with Crippen LogP contribution in [0.25, 0.3) is 17.0 Å². The van der Waals surface area contributed by atoms with Gasteiger partial charge in [-0.3, -0.25) is 9.69 Å². The fourth-order valence-electron chi connectivity index (χ4n) is 3.31. The maximum atomic E-state index is 13.0. The lowest BCUT2D eigenvalue weighted by molar-refractivity contribution is -0.145. The summed E-state index contributed by atoms with van der Waals surface area (Å²) in [7, 11) is 0. The van der Waals surface area contributed by atoms with Gasteiger partial charge in [0.2, 0.25) is 0 Å². The van der Waals surface area contributed by atoms with Crippen molar-refractivity contribution in [2.45, 2.75) is 12.5 Å². The summed E-state index contributed by atoms with van der Waals surface area (Å²) in [5.41, 5.74) is 2.31. The van der Waals surface area contributed by atoms with Crippen LogP contribution in [0.3, 0.4) is 0 Å². The molecule has 0 aliphatic carbocycles. The number of nitrogens with one attached hydrogen (secondary N) is 1. The van der Waals surface area contributed by atoms with Crippen molar-refractivity contribution >= 4 is 80.4 Å². The predicted molar refractivity (Wildman–Crippen MR) is 125 cm³/mol. The lowest BCUT2D eigenvalue weighted by atomic mass is 10.0. The van der Waals surface area contributed by atoms with E-state index in [1.807, 2.05) is 24.3 Å². The second kappa shape index (κ2) is 8.43. The zero-order valence-corrected chi connectivity index (χ0v) is 18.4. The number of amides is 1. The van der Waals surface area contributed by atoms with Gasteiger partial charge in [-0.05, 0) is 35.4 Å². The third-order valence-corrected chi connectivity index (χ3v) is 6.65. The Morgan fingerprint density at radius 1 is 1.27 bits per heavy atom. The molecule has 152 valence electrons. The number of thioether (sulfide) groups is 1. The molecule has 1 aliphatic rings. The first-order valence-electron chi connectivity index (χ1n) is 8.85. The number of fused-ring (bicyclic) bond motifs is 1. The first-order chi connectivity index (χ1) is 14.3. The summed E-state index contributed by atoms with van der Waals surface area (Å²) in [6.07, 6.45) is 3.49. The average Bonchev–Trinajstić information content (AvgIpc) is 3.23. The first-order valence-corrected chi connectivity index (χ1v) is 10.8. The van der Waals surface area contributed by atoms with Crippen molar-refractivity contribution in [2.24, 2.45) is 0 Å². The Balaban J connectivity index is 1.65. The second-order valence-corrected chi connectivity index (χ2v) is 9.15. The van der Waals surface area contributed by atoms with E-state index in [0.717, 1.165) is 28.2 Å². The zero-order valence-electron chi connectivity index (χ0n) is 15.3. The van der Waals surface area contributed by atoms with E-state index in [-0.39, 0.29) is 10.7 Å². The molecule has 2 aromatic carbocycles. The van der Waals surface area contributed by atoms with Gasteiger partial charge in [-0.15, -0.1) is 0 Å². The number of carboxylic acid groups (broad SMARTS) is 1. The second-order valence-electron chi connectivity index (χ2n) is 6.64. The van der Waals surface area contributed by atoms with Crippen molar-refractivity contribution in [1.82, 2.24) is 9.88 Å². The first kappa shape index (κ1) is 20.9. The molecule has 1 atom stereocenters. The molecule has 0 saturated carbocycles. The van der Waals surface area contributed by atoms with Gasteiger partial charge in [0.15, 0.2) is 0 Å². The molecule has 0 radical (unpaired) electrons. The normalized spacial score (nSPS) is 16.6. The number of carbonyl (C=O) groups excluding carboxylic acids is 1. The monoisotopic (exact) mass is 476 g/mol. The number of rotatable bonds is 5. The highest BCUT2D eigenvalue weighted by Crippen LogP contribution is 2.36. The number of aromatic amines is 1. The van der Waals surface area contributed by atoms with E-state index in [2.05, 4.69) is 4.98 Å². The molecule has 1 fully saturated rings. The van der Waals surface area contributed by atoms with E-state index in [1.54, 1.807) is 30.5 Å². The van der Waals surface area contributed by atoms with Crippen LogP contribution in [0, 0.1) is 0 Å². The third kappa shape index (κ3) is 3.98. The van der Waals surface area contributed by atoms with Crippen molar-refractivity contribution in [3.8, 4) is 0 Å². The van der Waals surface area contributed by atoms with Crippen LogP contribution in [-0.4, -0.2) is 37.2 Å². The SMILES string of the molecule is O=C(O)[C@H](Cc1c[nH]c2ccccc12)N1C(=O)/C(=C/c2ccc(Cl)cc2Cl)SC1=S. The number of carbonyl (C=O) groups is 2. The summed E-state index contributed by atoms with van der Waals surface area (Å²) in [5.74, 6) is -1.58. The van der Waals surface area contributed by atoms with Crippen molar-refractivity contribution in [3.63, 3.8) is 0 Å². The summed E-state index contributed by atoms with van der Waals surface area (Å²) in [5, 5.41) is 11.6. The van der Waals surface area contributed by atoms with Crippen LogP contribution >= 0.6 is 47.2 Å². The molecule has 1 aromatic heterocycles. The number of para-hydroxylation sites is 1. The number of hydrogen-bond acceptors (Lipinski definition) is 4. The number of benzene rings is 2. The van der Waals surface area contributed by atoms with Gasteiger partial charge in [-0.1, -0.05) is 71.4 Å². The molecule has 1 saturated heterocycles. The number of aliphatic carboxylic acids is 1. The van der Waals surface area contributed by atoms with Gasteiger partial charge in [0.25, 0.3) is 5.91 Å². The number of carboxylic acids is 1. The molecule has 4 rings (SSSR count). The summed E-state index contributed by atoms with van der Waals surface area (Å²) in [4.78, 5) is 29.7. The summed E-state index contributed by atoms with van der Waals surface area (Å²) in [6, 6.07) is 11.4. The molecule has 3 aromatic rings. The number of halogens is 2. The van der Waals surface area contributed by atoms with Crippen molar-refractivity contribution in [2.75, 3.05) is 0 Å². The molecular formula is C21H14Cl2N2O3S2. The smallest absolute Gasteiger partial charge is 0.327 e. The minimum Gasteiger partial charge on any atom is -0.480 e. The third-order valence-electron chi connectivity index (χ3n) is 4.76. The van der Waals surface area contributed by atoms with Crippen LogP contribution in [0.15, 0.2) is 53.6 Å². The van der Waals surface area contributed by atoms with Gasteiger partial charge in [0.05, 0.1) is 4.91 Å². The fourth-order valence-corrected chi connectivity index (χ4v) is 5.12. The summed E-state index contributed by atoms with van der Waals surface area (Å²) >= 11 is 18.5. The largest absolute Gasteiger partial charge is 0.480 e. The number of nitrogens with zero attached hydrogens (tertiary/aromatic N) is 1. The molecule has 0 bridgehead atoms. The Labute approximate surface area is 191 Å². The maximum Gasteiger partial charge on any atom is 0.327 e. The Morgan fingerprint density at radius 2 is 2.03 bits per heavy atom. The van der Waals surface area contributed by atoms with Crippen LogP contribution in [0.2, 0.25) is 10.0 Å². The molecule has 2 heterocycles. The van der Waals surface area contributed by atoms with E-state index < -0.39 is 17.9 Å². The number of thiocarbonyl (C=S) groups is 1. The summed E-state index contributed by atoms with van der Waals surface area (Å²) in [6.45, 7) is 0. The highest BCUT2D eigenvalue weighted by atomic mass is 35.5. The minimum absolute atomic E-state index is 0.126. The Morgan fingerprint density at radius 3 is 2.77 bits per heavy atom. The van der Waals surface area contributed by atoms with Crippen LogP contribution in [0.1, 0.15) is 11.1 Å². The Bertz CT molecular complexity index is 1220. The Kier molecular flexibility index (Phi) is 5.88. The zero-order chi connectivity index (χ0) is 21.4. The van der Waals surface area contributed by atoms with E-state index in [0.29, 0.717) is 20.5 Å². The number of hydrogen-bond donors (Lipinski definition) is 2. The van der Waals surface area contributed by atoms with Crippen molar-refractivity contribution in [1.29, 1.82) is 0 Å². The molecule has 1 aliphatic heterocycles. The lowest BCUT2D eigenvalue weighted by Crippen LogP contribution is -2.45. The van der Waals surface area contributed by atoms with Gasteiger partial charge >= 0.3 is 5.97 Å². The van der Waals surface area contributed by atoms with Gasteiger partial charge in [-0.2, -0.15) is 0 Å². The molecule has 0 spiro atoms. The maximum absolute atomic E-state index is 13.0. The van der Waals surface area contributed by atoms with E-state index in [4.69, 9.17) is 35.4 Å². The molecule has 0 unspecified atom stereocenters. The predicted octanol–water partition coefficient (Wildman–Crippen LogP) is 5.37. The van der Waals surface area contributed by atoms with E-state index in [9.17, 15) is 14.7 Å². The molecule has 9 heteroatoms. The highest BCUT2D eigenvalue weighted by Gasteiger charge is 2.40. The van der Waals surface area contributed by atoms with Crippen LogP contribution < -0.4 is 0 Å². The van der Waals surface area contributed by atoms with Crippen molar-refractivity contribution < 1.29 is 14.7 Å². The molecule has 1 amide bonds. The van der Waals surface area contributed by atoms with Crippen LogP contribution in [-0.2, 0) is 16.0 Å². The van der Waals surface area contributed by atoms with E-state index >= 15 is 0 Å². The van der Waals surface area contributed by atoms with Crippen LogP contribution in [0.5, 0.6) is 0 Å². The van der Waals surface area contributed by atoms with Gasteiger partial charge in [-0.25, -0.2) is 4.79 Å². The van der Waals surface area contributed by atoms with Gasteiger partial charge in [0.1, 0.15) is 10.4 Å². The van der Waals surface area contributed by atoms with Crippen LogP contribution in [0.4, 0.5) is 0 Å². The summed E-state index contributed by atoms with van der Waals surface area (Å²) < 4.78 is 0.198. The molecular weight excluding hydrogens is 463 g/mol. The standard InChI is InChI=1S/C21H14Cl2N2O3S2/c22-13-6-5-11(15(23)9-13)8-18-19(26)25(21(29)30-18)17(20(27)28)7-12-10-24-16-4-2-1-3-14(12)16/h1-6,8-10,17,24H,7H2,(H,27,28)/b18-8-/t17-/m0/s1. The average molecular weight is 477 g/mol. The van der Waals surface area contributed by atoms with E-state index in [1.165, 1.54) is 4.90 Å². The molecule has 30 heavy (non-hydrogen) atoms. The molecule has 2 N–H and O–H groups in total. The lowest BCUT2D eigenvalue weighted by Gasteiger charge is -2.23. The number of H-pyrrole nitrogens is 1. The van der Waals surface area contributed by atoms with Gasteiger partial charge < -0.3 is 10.1 Å². The van der Waals surface area contributed by atoms with Gasteiger partial charge in [0, 0.05) is 33.6 Å². The highest BCUT2D eigenvalue weighted by molar-refractivity contribution is 8.26. The number of aromatic nitrogens is 1. The molecule has 5 nitrogen and oxygen atoms in total. The Hall–Kier alpha value is -2.32. The van der Waals surface area contributed by atoms with Crippen molar-refractivity contribution in [3.05, 3.63) is 74.7 Å². The topological polar surface area (TPSA) is 73.4 Å². The minimum atomic E-state index is -1.12. The fraction of sp³-hybridized carbons (Fsp3) is 0.0952. The quantitative estimate of drug-likeness (QED) is 0.382.